The first-order chi connectivity index (χ1) is 7.84. The topological polar surface area (TPSA) is 40.5 Å². The third-order valence-electron chi connectivity index (χ3n) is 2.31. The Labute approximate surface area is 96.5 Å². The molecule has 0 aliphatic carbocycles. The van der Waals surface area contributed by atoms with Crippen molar-refractivity contribution < 1.29 is 23.1 Å². The first kappa shape index (κ1) is 13.3. The zero-order valence-electron chi connectivity index (χ0n) is 9.16. The van der Waals surface area contributed by atoms with Crippen molar-refractivity contribution in [3.63, 3.8) is 0 Å². The average molecular weight is 247 g/mol. The predicted molar refractivity (Wildman–Crippen MR) is 55.4 cm³/mol. The molecule has 1 rings (SSSR count). The summed E-state index contributed by atoms with van der Waals surface area (Å²) >= 11 is 0. The maximum Gasteiger partial charge on any atom is 0.490 e. The fourth-order valence-corrected chi connectivity index (χ4v) is 1.33. The van der Waals surface area contributed by atoms with E-state index in [1.807, 2.05) is 6.92 Å². The molecule has 0 aliphatic heterocycles. The van der Waals surface area contributed by atoms with E-state index >= 15 is 0 Å². The molecule has 0 aromatic heterocycles. The standard InChI is InChI=1S/C11H12F3NO2/c1-2-8-3-5-9(6-4-8)7-15(10(16)17)11(12,13)14/h3-6H,2,7H2,1H3,(H,16,17). The monoisotopic (exact) mass is 247 g/mol. The van der Waals surface area contributed by atoms with Crippen molar-refractivity contribution in [2.24, 2.45) is 0 Å². The quantitative estimate of drug-likeness (QED) is 0.833. The average Bonchev–Trinajstić information content (AvgIpc) is 2.24. The summed E-state index contributed by atoms with van der Waals surface area (Å²) in [5.41, 5.74) is 1.30. The first-order valence-corrected chi connectivity index (χ1v) is 4.99. The second kappa shape index (κ2) is 5.07. The molecular formula is C11H12F3NO2. The smallest absolute Gasteiger partial charge is 0.465 e. The molecule has 0 saturated carbocycles. The van der Waals surface area contributed by atoms with Gasteiger partial charge >= 0.3 is 12.4 Å². The number of nitrogens with zero attached hydrogens (tertiary/aromatic N) is 1. The molecule has 0 unspecified atom stereocenters. The molecule has 1 N–H and O–H groups in total. The molecule has 17 heavy (non-hydrogen) atoms. The lowest BCUT2D eigenvalue weighted by Crippen LogP contribution is -2.41. The van der Waals surface area contributed by atoms with Crippen LogP contribution >= 0.6 is 0 Å². The van der Waals surface area contributed by atoms with Crippen LogP contribution in [-0.2, 0) is 13.0 Å². The molecule has 94 valence electrons. The number of hydrogen-bond acceptors (Lipinski definition) is 1. The van der Waals surface area contributed by atoms with Crippen LogP contribution in [0.25, 0.3) is 0 Å². The first-order valence-electron chi connectivity index (χ1n) is 4.99. The van der Waals surface area contributed by atoms with Crippen molar-refractivity contribution in [2.45, 2.75) is 26.2 Å². The number of carbonyl (C=O) groups is 1. The fourth-order valence-electron chi connectivity index (χ4n) is 1.33. The zero-order valence-corrected chi connectivity index (χ0v) is 9.16. The van der Waals surface area contributed by atoms with Gasteiger partial charge in [-0.15, -0.1) is 13.2 Å². The maximum atomic E-state index is 12.3. The summed E-state index contributed by atoms with van der Waals surface area (Å²) in [7, 11) is 0. The van der Waals surface area contributed by atoms with E-state index in [9.17, 15) is 18.0 Å². The van der Waals surface area contributed by atoms with Crippen molar-refractivity contribution in [3.05, 3.63) is 35.4 Å². The van der Waals surface area contributed by atoms with Gasteiger partial charge in [-0.3, -0.25) is 0 Å². The van der Waals surface area contributed by atoms with Crippen molar-refractivity contribution in [1.29, 1.82) is 0 Å². The van der Waals surface area contributed by atoms with Crippen molar-refractivity contribution in [2.75, 3.05) is 0 Å². The third kappa shape index (κ3) is 3.65. The maximum absolute atomic E-state index is 12.3. The number of halogens is 3. The predicted octanol–water partition coefficient (Wildman–Crippen LogP) is 3.25. The van der Waals surface area contributed by atoms with Crippen LogP contribution in [0.5, 0.6) is 0 Å². The van der Waals surface area contributed by atoms with Crippen LogP contribution in [-0.4, -0.2) is 22.4 Å². The Morgan fingerprint density at radius 1 is 1.24 bits per heavy atom. The lowest BCUT2D eigenvalue weighted by Gasteiger charge is -2.21. The molecule has 0 spiro atoms. The van der Waals surface area contributed by atoms with Crippen LogP contribution in [0.4, 0.5) is 18.0 Å². The summed E-state index contributed by atoms with van der Waals surface area (Å²) in [4.78, 5) is 9.93. The second-order valence-corrected chi connectivity index (χ2v) is 3.51. The number of hydrogen-bond donors (Lipinski definition) is 1. The van der Waals surface area contributed by atoms with Gasteiger partial charge in [0.1, 0.15) is 0 Å². The van der Waals surface area contributed by atoms with E-state index in [0.29, 0.717) is 5.56 Å². The van der Waals surface area contributed by atoms with E-state index in [-0.39, 0.29) is 0 Å². The minimum absolute atomic E-state index is 0.307. The van der Waals surface area contributed by atoms with Gasteiger partial charge in [-0.1, -0.05) is 31.2 Å². The van der Waals surface area contributed by atoms with E-state index in [4.69, 9.17) is 5.11 Å². The van der Waals surface area contributed by atoms with Gasteiger partial charge < -0.3 is 5.11 Å². The Hall–Kier alpha value is -1.72. The minimum atomic E-state index is -4.88. The molecule has 1 aromatic carbocycles. The lowest BCUT2D eigenvalue weighted by atomic mass is 10.1. The molecule has 6 heteroatoms. The van der Waals surface area contributed by atoms with Crippen LogP contribution < -0.4 is 0 Å². The molecule has 3 nitrogen and oxygen atoms in total. The summed E-state index contributed by atoms with van der Waals surface area (Å²) in [6, 6.07) is 6.37. The largest absolute Gasteiger partial charge is 0.490 e. The van der Waals surface area contributed by atoms with Gasteiger partial charge in [0.25, 0.3) is 0 Å². The zero-order chi connectivity index (χ0) is 13.1. The Kier molecular flexibility index (Phi) is 3.98. The Morgan fingerprint density at radius 3 is 2.06 bits per heavy atom. The van der Waals surface area contributed by atoms with Crippen LogP contribution in [0.1, 0.15) is 18.1 Å². The van der Waals surface area contributed by atoms with Crippen LogP contribution in [0.3, 0.4) is 0 Å². The highest BCUT2D eigenvalue weighted by atomic mass is 19.4. The summed E-state index contributed by atoms with van der Waals surface area (Å²) in [5.74, 6) is 0. The van der Waals surface area contributed by atoms with Gasteiger partial charge in [0.15, 0.2) is 0 Å². The normalized spacial score (nSPS) is 11.3. The van der Waals surface area contributed by atoms with E-state index in [1.54, 1.807) is 12.1 Å². The van der Waals surface area contributed by atoms with E-state index < -0.39 is 23.8 Å². The number of rotatable bonds is 3. The number of amides is 1. The van der Waals surface area contributed by atoms with Gasteiger partial charge in [-0.25, -0.2) is 9.69 Å². The van der Waals surface area contributed by atoms with Crippen LogP contribution in [0, 0.1) is 0 Å². The van der Waals surface area contributed by atoms with Gasteiger partial charge in [-0.2, -0.15) is 0 Å². The summed E-state index contributed by atoms with van der Waals surface area (Å²) < 4.78 is 37.0. The van der Waals surface area contributed by atoms with Crippen molar-refractivity contribution in [3.8, 4) is 0 Å². The van der Waals surface area contributed by atoms with Gasteiger partial charge in [0, 0.05) is 0 Å². The van der Waals surface area contributed by atoms with E-state index in [0.717, 1.165) is 12.0 Å². The molecule has 0 radical (unpaired) electrons. The third-order valence-corrected chi connectivity index (χ3v) is 2.31. The van der Waals surface area contributed by atoms with Crippen LogP contribution in [0.15, 0.2) is 24.3 Å². The summed E-state index contributed by atoms with van der Waals surface area (Å²) in [6.45, 7) is 1.23. The van der Waals surface area contributed by atoms with E-state index in [2.05, 4.69) is 0 Å². The molecule has 1 amide bonds. The minimum Gasteiger partial charge on any atom is -0.465 e. The Balaban J connectivity index is 2.83. The van der Waals surface area contributed by atoms with Gasteiger partial charge in [0.2, 0.25) is 0 Å². The molecule has 0 heterocycles. The summed E-state index contributed by atoms with van der Waals surface area (Å²) in [5, 5.41) is 8.48. The number of benzene rings is 1. The highest BCUT2D eigenvalue weighted by Gasteiger charge is 2.41. The molecule has 0 bridgehead atoms. The second-order valence-electron chi connectivity index (χ2n) is 3.51. The number of carboxylic acid groups (broad SMARTS) is 1. The van der Waals surface area contributed by atoms with Gasteiger partial charge in [0.05, 0.1) is 6.54 Å². The van der Waals surface area contributed by atoms with Crippen LogP contribution in [0.2, 0.25) is 0 Å². The molecule has 0 atom stereocenters. The van der Waals surface area contributed by atoms with Gasteiger partial charge in [-0.05, 0) is 17.5 Å². The highest BCUT2D eigenvalue weighted by Crippen LogP contribution is 2.23. The Bertz CT molecular complexity index is 387. The van der Waals surface area contributed by atoms with Crippen molar-refractivity contribution >= 4 is 6.09 Å². The number of alkyl halides is 3. The molecule has 0 aliphatic rings. The molecule has 1 aromatic rings. The SMILES string of the molecule is CCc1ccc(CN(C(=O)O)C(F)(F)F)cc1. The summed E-state index contributed by atoms with van der Waals surface area (Å²) in [6.07, 6.45) is -6.10. The van der Waals surface area contributed by atoms with E-state index in [1.165, 1.54) is 12.1 Å². The molecular weight excluding hydrogens is 235 g/mol. The lowest BCUT2D eigenvalue weighted by molar-refractivity contribution is -0.231. The molecule has 0 fully saturated rings. The highest BCUT2D eigenvalue weighted by molar-refractivity contribution is 5.65. The molecule has 0 saturated heterocycles. The van der Waals surface area contributed by atoms with Crippen molar-refractivity contribution in [1.82, 2.24) is 4.90 Å². The fraction of sp³-hybridized carbons (Fsp3) is 0.364. The Morgan fingerprint density at radius 2 is 1.71 bits per heavy atom. The number of aryl methyl sites for hydroxylation is 1.